The molecule has 1 heterocycles. The molecule has 2 rings (SSSR count). The number of carbonyl (C=O) groups is 1. The van der Waals surface area contributed by atoms with Crippen molar-refractivity contribution in [3.63, 3.8) is 0 Å². The number of carbonyl (C=O) groups excluding carboxylic acids is 1. The molecule has 18 heavy (non-hydrogen) atoms. The highest BCUT2D eigenvalue weighted by molar-refractivity contribution is 7.09. The van der Waals surface area contributed by atoms with Crippen molar-refractivity contribution in [2.45, 2.75) is 13.1 Å². The van der Waals surface area contributed by atoms with Gasteiger partial charge in [-0.05, 0) is 29.1 Å². The summed E-state index contributed by atoms with van der Waals surface area (Å²) in [5, 5.41) is 13.9. The van der Waals surface area contributed by atoms with E-state index in [0.717, 1.165) is 18.7 Å². The van der Waals surface area contributed by atoms with Gasteiger partial charge in [0.05, 0.1) is 0 Å². The molecular formula is C13H14N2O2S. The van der Waals surface area contributed by atoms with E-state index in [1.165, 1.54) is 4.88 Å². The minimum Gasteiger partial charge on any atom is -0.308 e. The summed E-state index contributed by atoms with van der Waals surface area (Å²) in [6, 6.07) is 11.2. The standard InChI is InChI=1S/C13H14N2O2S/c16-13(15-17)11-5-3-10(4-6-11)8-14-9-12-2-1-7-18-12/h1-7,14,17H,8-9H2,(H,15,16). The van der Waals surface area contributed by atoms with Crippen LogP contribution in [0.2, 0.25) is 0 Å². The largest absolute Gasteiger partial charge is 0.308 e. The lowest BCUT2D eigenvalue weighted by Gasteiger charge is -2.04. The first-order valence-corrected chi connectivity index (χ1v) is 6.44. The van der Waals surface area contributed by atoms with E-state index in [1.807, 2.05) is 18.2 Å². The summed E-state index contributed by atoms with van der Waals surface area (Å²) in [6.45, 7) is 1.59. The smallest absolute Gasteiger partial charge is 0.274 e. The van der Waals surface area contributed by atoms with Gasteiger partial charge in [-0.2, -0.15) is 0 Å². The number of hydroxylamine groups is 1. The van der Waals surface area contributed by atoms with Gasteiger partial charge < -0.3 is 5.32 Å². The van der Waals surface area contributed by atoms with Crippen molar-refractivity contribution in [3.05, 3.63) is 57.8 Å². The maximum atomic E-state index is 11.1. The minimum absolute atomic E-state index is 0.444. The lowest BCUT2D eigenvalue weighted by atomic mass is 10.1. The molecule has 0 atom stereocenters. The van der Waals surface area contributed by atoms with Crippen LogP contribution >= 0.6 is 11.3 Å². The second-order valence-corrected chi connectivity index (χ2v) is 4.85. The van der Waals surface area contributed by atoms with Gasteiger partial charge in [0.25, 0.3) is 5.91 Å². The van der Waals surface area contributed by atoms with Gasteiger partial charge in [-0.15, -0.1) is 11.3 Å². The van der Waals surface area contributed by atoms with Crippen LogP contribution < -0.4 is 10.8 Å². The Labute approximate surface area is 109 Å². The van der Waals surface area contributed by atoms with Crippen molar-refractivity contribution in [1.82, 2.24) is 10.8 Å². The molecule has 3 N–H and O–H groups in total. The van der Waals surface area contributed by atoms with E-state index in [4.69, 9.17) is 5.21 Å². The van der Waals surface area contributed by atoms with Gasteiger partial charge in [-0.3, -0.25) is 10.0 Å². The molecule has 1 aromatic carbocycles. The molecule has 1 aromatic heterocycles. The van der Waals surface area contributed by atoms with Crippen molar-refractivity contribution in [1.29, 1.82) is 0 Å². The number of nitrogens with one attached hydrogen (secondary N) is 2. The van der Waals surface area contributed by atoms with Gasteiger partial charge in [0.1, 0.15) is 0 Å². The minimum atomic E-state index is -0.493. The van der Waals surface area contributed by atoms with E-state index in [2.05, 4.69) is 16.8 Å². The fourth-order valence-corrected chi connectivity index (χ4v) is 2.26. The van der Waals surface area contributed by atoms with E-state index < -0.39 is 5.91 Å². The molecule has 0 saturated carbocycles. The molecule has 94 valence electrons. The van der Waals surface area contributed by atoms with E-state index >= 15 is 0 Å². The summed E-state index contributed by atoms with van der Waals surface area (Å²) in [7, 11) is 0. The molecule has 0 fully saturated rings. The predicted molar refractivity (Wildman–Crippen MR) is 70.6 cm³/mol. The van der Waals surface area contributed by atoms with Gasteiger partial charge in [0, 0.05) is 23.5 Å². The SMILES string of the molecule is O=C(NO)c1ccc(CNCc2cccs2)cc1. The van der Waals surface area contributed by atoms with Crippen LogP contribution in [0.1, 0.15) is 20.8 Å². The lowest BCUT2D eigenvalue weighted by molar-refractivity contribution is 0.0706. The summed E-state index contributed by atoms with van der Waals surface area (Å²) < 4.78 is 0. The zero-order chi connectivity index (χ0) is 12.8. The molecule has 0 radical (unpaired) electrons. The Kier molecular flexibility index (Phi) is 4.46. The quantitative estimate of drug-likeness (QED) is 0.571. The molecule has 0 saturated heterocycles. The monoisotopic (exact) mass is 262 g/mol. The normalized spacial score (nSPS) is 10.3. The molecule has 0 spiro atoms. The molecule has 5 heteroatoms. The van der Waals surface area contributed by atoms with Gasteiger partial charge in [0.2, 0.25) is 0 Å². The third-order valence-electron chi connectivity index (χ3n) is 2.53. The second kappa shape index (κ2) is 6.30. The molecule has 0 aliphatic rings. The number of rotatable bonds is 5. The average Bonchev–Trinajstić information content (AvgIpc) is 2.92. The molecule has 0 aliphatic carbocycles. The third kappa shape index (κ3) is 3.40. The summed E-state index contributed by atoms with van der Waals surface area (Å²) in [4.78, 5) is 12.4. The maximum Gasteiger partial charge on any atom is 0.274 e. The second-order valence-electron chi connectivity index (χ2n) is 3.82. The fraction of sp³-hybridized carbons (Fsp3) is 0.154. The van der Waals surface area contributed by atoms with Crippen LogP contribution in [0.25, 0.3) is 0 Å². The summed E-state index contributed by atoms with van der Waals surface area (Å²) >= 11 is 1.72. The molecule has 1 amide bonds. The van der Waals surface area contributed by atoms with E-state index in [1.54, 1.807) is 28.9 Å². The number of hydrogen-bond donors (Lipinski definition) is 3. The van der Waals surface area contributed by atoms with Crippen molar-refractivity contribution in [2.75, 3.05) is 0 Å². The molecule has 0 aliphatic heterocycles. The van der Waals surface area contributed by atoms with Crippen LogP contribution in [0.4, 0.5) is 0 Å². The highest BCUT2D eigenvalue weighted by Gasteiger charge is 2.02. The molecule has 0 unspecified atom stereocenters. The van der Waals surface area contributed by atoms with Crippen molar-refractivity contribution >= 4 is 17.2 Å². The van der Waals surface area contributed by atoms with Crippen LogP contribution in [0.15, 0.2) is 41.8 Å². The van der Waals surface area contributed by atoms with Gasteiger partial charge in [0.15, 0.2) is 0 Å². The zero-order valence-corrected chi connectivity index (χ0v) is 10.5. The first kappa shape index (κ1) is 12.8. The van der Waals surface area contributed by atoms with Crippen molar-refractivity contribution < 1.29 is 10.0 Å². The first-order chi connectivity index (χ1) is 8.79. The Balaban J connectivity index is 1.85. The zero-order valence-electron chi connectivity index (χ0n) is 9.72. The maximum absolute atomic E-state index is 11.1. The molecule has 0 bridgehead atoms. The van der Waals surface area contributed by atoms with Gasteiger partial charge in [-0.1, -0.05) is 18.2 Å². The Morgan fingerprint density at radius 1 is 1.17 bits per heavy atom. The van der Waals surface area contributed by atoms with E-state index in [-0.39, 0.29) is 0 Å². The molecule has 2 aromatic rings. The number of hydrogen-bond acceptors (Lipinski definition) is 4. The fourth-order valence-electron chi connectivity index (χ4n) is 1.58. The van der Waals surface area contributed by atoms with E-state index in [9.17, 15) is 4.79 Å². The Morgan fingerprint density at radius 3 is 2.56 bits per heavy atom. The average molecular weight is 262 g/mol. The highest BCUT2D eigenvalue weighted by Crippen LogP contribution is 2.08. The van der Waals surface area contributed by atoms with E-state index in [0.29, 0.717) is 5.56 Å². The molecular weight excluding hydrogens is 248 g/mol. The third-order valence-corrected chi connectivity index (χ3v) is 3.40. The number of thiophene rings is 1. The van der Waals surface area contributed by atoms with Crippen LogP contribution in [-0.4, -0.2) is 11.1 Å². The lowest BCUT2D eigenvalue weighted by Crippen LogP contribution is -2.18. The summed E-state index contributed by atoms with van der Waals surface area (Å²) in [6.07, 6.45) is 0. The summed E-state index contributed by atoms with van der Waals surface area (Å²) in [5.74, 6) is -0.493. The number of amides is 1. The van der Waals surface area contributed by atoms with Crippen molar-refractivity contribution in [3.8, 4) is 0 Å². The Bertz CT molecular complexity index is 494. The number of benzene rings is 1. The van der Waals surface area contributed by atoms with Gasteiger partial charge >= 0.3 is 0 Å². The van der Waals surface area contributed by atoms with Crippen LogP contribution in [0, 0.1) is 0 Å². The van der Waals surface area contributed by atoms with Crippen LogP contribution in [0.5, 0.6) is 0 Å². The predicted octanol–water partition coefficient (Wildman–Crippen LogP) is 2.16. The summed E-state index contributed by atoms with van der Waals surface area (Å²) in [5.41, 5.74) is 3.15. The Hall–Kier alpha value is -1.69. The van der Waals surface area contributed by atoms with Crippen LogP contribution in [0.3, 0.4) is 0 Å². The highest BCUT2D eigenvalue weighted by atomic mass is 32.1. The topological polar surface area (TPSA) is 61.4 Å². The first-order valence-electron chi connectivity index (χ1n) is 5.56. The van der Waals surface area contributed by atoms with Crippen molar-refractivity contribution in [2.24, 2.45) is 0 Å². The Morgan fingerprint density at radius 2 is 1.94 bits per heavy atom. The van der Waals surface area contributed by atoms with Crippen LogP contribution in [-0.2, 0) is 13.1 Å². The molecule has 4 nitrogen and oxygen atoms in total. The van der Waals surface area contributed by atoms with Gasteiger partial charge in [-0.25, -0.2) is 5.48 Å².